The summed E-state index contributed by atoms with van der Waals surface area (Å²) in [5.41, 5.74) is 3.71. The molecule has 0 bridgehead atoms. The van der Waals surface area contributed by atoms with Gasteiger partial charge in [-0.3, -0.25) is 0 Å². The fourth-order valence-electron chi connectivity index (χ4n) is 3.22. The van der Waals surface area contributed by atoms with Crippen LogP contribution in [0.5, 0.6) is 0 Å². The fraction of sp³-hybridized carbons (Fsp3) is 0.444. The molecule has 120 valence electrons. The molecule has 0 N–H and O–H groups in total. The summed E-state index contributed by atoms with van der Waals surface area (Å²) >= 11 is 1.92. The van der Waals surface area contributed by atoms with Crippen LogP contribution in [0.2, 0.25) is 0 Å². The summed E-state index contributed by atoms with van der Waals surface area (Å²) in [7, 11) is 0. The molecule has 4 nitrogen and oxygen atoms in total. The number of benzene rings is 1. The number of nitrogens with zero attached hydrogens (tertiary/aromatic N) is 3. The minimum Gasteiger partial charge on any atom is -0.378 e. The van der Waals surface area contributed by atoms with Crippen molar-refractivity contribution < 1.29 is 4.74 Å². The zero-order valence-electron chi connectivity index (χ0n) is 13.4. The third-order valence-electron chi connectivity index (χ3n) is 4.41. The normalized spacial score (nSPS) is 17.3. The molecule has 1 aromatic carbocycles. The maximum Gasteiger partial charge on any atom is 0.136 e. The van der Waals surface area contributed by atoms with E-state index in [1.807, 2.05) is 11.8 Å². The van der Waals surface area contributed by atoms with Gasteiger partial charge >= 0.3 is 0 Å². The van der Waals surface area contributed by atoms with Crippen LogP contribution in [0.3, 0.4) is 0 Å². The third-order valence-corrected chi connectivity index (χ3v) is 5.49. The largest absolute Gasteiger partial charge is 0.378 e. The Labute approximate surface area is 141 Å². The molecule has 2 aliphatic rings. The molecule has 5 heteroatoms. The van der Waals surface area contributed by atoms with Crippen LogP contribution in [0, 0.1) is 0 Å². The van der Waals surface area contributed by atoms with E-state index in [4.69, 9.17) is 14.7 Å². The van der Waals surface area contributed by atoms with Crippen LogP contribution in [-0.4, -0.2) is 42.0 Å². The summed E-state index contributed by atoms with van der Waals surface area (Å²) in [4.78, 5) is 13.5. The highest BCUT2D eigenvalue weighted by molar-refractivity contribution is 7.99. The Morgan fingerprint density at radius 3 is 2.83 bits per heavy atom. The Bertz CT molecular complexity index is 713. The average molecular weight is 327 g/mol. The number of aromatic nitrogens is 2. The van der Waals surface area contributed by atoms with Crippen molar-refractivity contribution in [3.63, 3.8) is 0 Å². The molecule has 4 rings (SSSR count). The van der Waals surface area contributed by atoms with Gasteiger partial charge in [0, 0.05) is 41.3 Å². The average Bonchev–Trinajstić information content (AvgIpc) is 2.81. The number of aryl methyl sites for hydroxylation is 1. The van der Waals surface area contributed by atoms with E-state index >= 15 is 0 Å². The second-order valence-corrected chi connectivity index (χ2v) is 6.97. The van der Waals surface area contributed by atoms with Crippen molar-refractivity contribution in [2.45, 2.75) is 24.7 Å². The van der Waals surface area contributed by atoms with E-state index in [-0.39, 0.29) is 0 Å². The quantitative estimate of drug-likeness (QED) is 0.847. The minimum atomic E-state index is 0.783. The number of thioether (sulfide) groups is 1. The van der Waals surface area contributed by atoms with Gasteiger partial charge in [0.25, 0.3) is 0 Å². The number of hydrogen-bond acceptors (Lipinski definition) is 5. The van der Waals surface area contributed by atoms with Crippen LogP contribution < -0.4 is 4.90 Å². The van der Waals surface area contributed by atoms with Gasteiger partial charge in [0.2, 0.25) is 0 Å². The number of anilines is 1. The van der Waals surface area contributed by atoms with Crippen LogP contribution in [0.4, 0.5) is 5.82 Å². The molecular weight excluding hydrogens is 306 g/mol. The lowest BCUT2D eigenvalue weighted by molar-refractivity contribution is 0.122. The highest BCUT2D eigenvalue weighted by Gasteiger charge is 2.24. The van der Waals surface area contributed by atoms with E-state index in [0.29, 0.717) is 0 Å². The highest BCUT2D eigenvalue weighted by Crippen LogP contribution is 2.39. The van der Waals surface area contributed by atoms with Gasteiger partial charge < -0.3 is 9.64 Å². The van der Waals surface area contributed by atoms with Gasteiger partial charge in [-0.2, -0.15) is 0 Å². The van der Waals surface area contributed by atoms with Gasteiger partial charge in [-0.25, -0.2) is 9.97 Å². The van der Waals surface area contributed by atoms with Gasteiger partial charge in [0.05, 0.1) is 18.9 Å². The van der Waals surface area contributed by atoms with E-state index in [9.17, 15) is 0 Å². The molecule has 0 saturated carbocycles. The number of rotatable bonds is 2. The van der Waals surface area contributed by atoms with Crippen LogP contribution >= 0.6 is 11.8 Å². The highest BCUT2D eigenvalue weighted by atomic mass is 32.2. The summed E-state index contributed by atoms with van der Waals surface area (Å²) in [6.45, 7) is 5.53. The zero-order valence-corrected chi connectivity index (χ0v) is 14.2. The predicted molar refractivity (Wildman–Crippen MR) is 94.3 cm³/mol. The van der Waals surface area contributed by atoms with Crippen molar-refractivity contribution in [2.24, 2.45) is 0 Å². The lowest BCUT2D eigenvalue weighted by Gasteiger charge is -2.30. The Morgan fingerprint density at radius 2 is 2.00 bits per heavy atom. The first-order chi connectivity index (χ1) is 11.4. The summed E-state index contributed by atoms with van der Waals surface area (Å²) in [5.74, 6) is 3.15. The molecule has 2 aromatic rings. The van der Waals surface area contributed by atoms with Gasteiger partial charge in [-0.15, -0.1) is 11.8 Å². The Morgan fingerprint density at radius 1 is 1.17 bits per heavy atom. The molecule has 0 amide bonds. The van der Waals surface area contributed by atoms with Crippen molar-refractivity contribution in [2.75, 3.05) is 37.0 Å². The summed E-state index contributed by atoms with van der Waals surface area (Å²) in [6, 6.07) is 8.62. The summed E-state index contributed by atoms with van der Waals surface area (Å²) in [6.07, 6.45) is 1.88. The van der Waals surface area contributed by atoms with Gasteiger partial charge in [0.1, 0.15) is 11.6 Å². The van der Waals surface area contributed by atoms with Crippen molar-refractivity contribution >= 4 is 17.6 Å². The molecule has 0 spiro atoms. The lowest BCUT2D eigenvalue weighted by atomic mass is 10.0. The van der Waals surface area contributed by atoms with Crippen molar-refractivity contribution in [1.29, 1.82) is 0 Å². The molecule has 1 aromatic heterocycles. The second-order valence-electron chi connectivity index (χ2n) is 5.84. The molecule has 3 heterocycles. The molecule has 0 unspecified atom stereocenters. The van der Waals surface area contributed by atoms with Crippen LogP contribution in [0.25, 0.3) is 11.3 Å². The Hall–Kier alpha value is -1.59. The topological polar surface area (TPSA) is 38.2 Å². The van der Waals surface area contributed by atoms with Crippen molar-refractivity contribution in [3.8, 4) is 11.3 Å². The van der Waals surface area contributed by atoms with E-state index < -0.39 is 0 Å². The second kappa shape index (κ2) is 6.49. The number of morpholine rings is 1. The molecule has 0 radical (unpaired) electrons. The maximum absolute atomic E-state index is 5.51. The van der Waals surface area contributed by atoms with Gasteiger partial charge in [-0.05, 0) is 12.5 Å². The molecule has 1 fully saturated rings. The zero-order chi connectivity index (χ0) is 15.6. The van der Waals surface area contributed by atoms with E-state index in [1.165, 1.54) is 16.0 Å². The molecular formula is C18H21N3OS. The fourth-order valence-corrected chi connectivity index (χ4v) is 4.24. The first-order valence-corrected chi connectivity index (χ1v) is 9.30. The monoisotopic (exact) mass is 327 g/mol. The minimum absolute atomic E-state index is 0.783. The molecule has 2 aliphatic heterocycles. The van der Waals surface area contributed by atoms with Crippen LogP contribution in [-0.2, 0) is 17.6 Å². The number of ether oxygens (including phenoxy) is 1. The first-order valence-electron chi connectivity index (χ1n) is 8.31. The molecule has 0 aliphatic carbocycles. The van der Waals surface area contributed by atoms with E-state index in [2.05, 4.69) is 36.1 Å². The first kappa shape index (κ1) is 15.0. The molecule has 23 heavy (non-hydrogen) atoms. The van der Waals surface area contributed by atoms with Crippen LogP contribution in [0.1, 0.15) is 18.3 Å². The maximum atomic E-state index is 5.51. The Balaban J connectivity index is 1.89. The van der Waals surface area contributed by atoms with E-state index in [1.54, 1.807) is 0 Å². The smallest absolute Gasteiger partial charge is 0.136 e. The number of fused-ring (bicyclic) bond motifs is 3. The van der Waals surface area contributed by atoms with Gasteiger partial charge in [0.15, 0.2) is 0 Å². The van der Waals surface area contributed by atoms with Crippen molar-refractivity contribution in [3.05, 3.63) is 35.7 Å². The predicted octanol–water partition coefficient (Wildman–Crippen LogP) is 3.19. The van der Waals surface area contributed by atoms with Gasteiger partial charge in [-0.1, -0.05) is 25.1 Å². The third kappa shape index (κ3) is 2.83. The standard InChI is InChI=1S/C18H21N3OS/c1-2-16-19-17-13-5-3-4-6-15(13)23-12-7-14(17)18(20-16)21-8-10-22-11-9-21/h3-6H,2,7-12H2,1H3. The van der Waals surface area contributed by atoms with Crippen LogP contribution in [0.15, 0.2) is 29.2 Å². The molecule has 1 saturated heterocycles. The summed E-state index contributed by atoms with van der Waals surface area (Å²) in [5, 5.41) is 0. The summed E-state index contributed by atoms with van der Waals surface area (Å²) < 4.78 is 5.51. The SMILES string of the molecule is CCc1nc2c(c(N3CCOCC3)n1)CCSc1ccccc1-2. The van der Waals surface area contributed by atoms with Crippen molar-refractivity contribution in [1.82, 2.24) is 9.97 Å². The molecule has 0 atom stereocenters. The lowest BCUT2D eigenvalue weighted by Crippen LogP contribution is -2.37. The number of hydrogen-bond donors (Lipinski definition) is 0. The Kier molecular flexibility index (Phi) is 4.23. The van der Waals surface area contributed by atoms with E-state index in [0.717, 1.165) is 62.2 Å².